The highest BCUT2D eigenvalue weighted by Gasteiger charge is 2.12. The molecule has 3 rings (SSSR count). The topological polar surface area (TPSA) is 55.6 Å². The van der Waals surface area contributed by atoms with E-state index in [-0.39, 0.29) is 5.91 Å². The van der Waals surface area contributed by atoms with Gasteiger partial charge in [-0.2, -0.15) is 0 Å². The number of nitrogens with one attached hydrogen (secondary N) is 1. The van der Waals surface area contributed by atoms with E-state index in [9.17, 15) is 4.79 Å². The Labute approximate surface area is 126 Å². The molecule has 0 unspecified atom stereocenters. The lowest BCUT2D eigenvalue weighted by Gasteiger charge is -2.04. The van der Waals surface area contributed by atoms with Gasteiger partial charge in [0, 0.05) is 23.8 Å². The largest absolute Gasteiger partial charge is 0.497 e. The average molecular weight is 301 g/mol. The van der Waals surface area contributed by atoms with Gasteiger partial charge in [-0.3, -0.25) is 9.20 Å². The van der Waals surface area contributed by atoms with E-state index in [1.165, 1.54) is 11.3 Å². The molecule has 2 aromatic heterocycles. The van der Waals surface area contributed by atoms with E-state index in [1.54, 1.807) is 13.3 Å². The SMILES string of the molecule is COc1ccc(CNC(=O)c2cn3c(C)csc3n2)cc1. The third kappa shape index (κ3) is 2.75. The fourth-order valence-corrected chi connectivity index (χ4v) is 2.87. The van der Waals surface area contributed by atoms with E-state index in [1.807, 2.05) is 41.0 Å². The lowest BCUT2D eigenvalue weighted by atomic mass is 10.2. The highest BCUT2D eigenvalue weighted by atomic mass is 32.1. The summed E-state index contributed by atoms with van der Waals surface area (Å²) in [6.45, 7) is 2.46. The van der Waals surface area contributed by atoms with Crippen LogP contribution in [0.1, 0.15) is 21.7 Å². The molecule has 0 aliphatic heterocycles. The maximum absolute atomic E-state index is 12.1. The number of aryl methyl sites for hydroxylation is 1. The standard InChI is InChI=1S/C15H15N3O2S/c1-10-9-21-15-17-13(8-18(10)15)14(19)16-7-11-3-5-12(20-2)6-4-11/h3-6,8-9H,7H2,1-2H3,(H,16,19). The van der Waals surface area contributed by atoms with Gasteiger partial charge in [0.15, 0.2) is 4.96 Å². The van der Waals surface area contributed by atoms with Crippen molar-refractivity contribution in [3.05, 3.63) is 52.8 Å². The number of fused-ring (bicyclic) bond motifs is 1. The summed E-state index contributed by atoms with van der Waals surface area (Å²) in [7, 11) is 1.63. The van der Waals surface area contributed by atoms with Crippen LogP contribution in [0, 0.1) is 6.92 Å². The molecule has 3 aromatic rings. The summed E-state index contributed by atoms with van der Waals surface area (Å²) >= 11 is 1.53. The lowest BCUT2D eigenvalue weighted by molar-refractivity contribution is 0.0946. The van der Waals surface area contributed by atoms with Crippen LogP contribution in [0.4, 0.5) is 0 Å². The molecule has 6 heteroatoms. The number of imidazole rings is 1. The average Bonchev–Trinajstić information content (AvgIpc) is 3.08. The van der Waals surface area contributed by atoms with Crippen LogP contribution in [0.2, 0.25) is 0 Å². The highest BCUT2D eigenvalue weighted by molar-refractivity contribution is 7.15. The number of benzene rings is 1. The molecule has 0 saturated heterocycles. The number of amides is 1. The van der Waals surface area contributed by atoms with Gasteiger partial charge >= 0.3 is 0 Å². The molecule has 108 valence electrons. The first kappa shape index (κ1) is 13.6. The molecule has 0 fully saturated rings. The Hall–Kier alpha value is -2.34. The monoisotopic (exact) mass is 301 g/mol. The third-order valence-corrected chi connectivity index (χ3v) is 4.19. The number of methoxy groups -OCH3 is 1. The van der Waals surface area contributed by atoms with E-state index >= 15 is 0 Å². The minimum absolute atomic E-state index is 0.166. The smallest absolute Gasteiger partial charge is 0.271 e. The number of thiazole rings is 1. The zero-order valence-corrected chi connectivity index (χ0v) is 12.6. The summed E-state index contributed by atoms with van der Waals surface area (Å²) in [6.07, 6.45) is 1.77. The number of hydrogen-bond donors (Lipinski definition) is 1. The molecule has 2 heterocycles. The van der Waals surface area contributed by atoms with Crippen molar-refractivity contribution in [1.29, 1.82) is 0 Å². The van der Waals surface area contributed by atoms with Crippen molar-refractivity contribution in [3.63, 3.8) is 0 Å². The molecule has 0 bridgehead atoms. The molecule has 0 atom stereocenters. The first-order valence-corrected chi connectivity index (χ1v) is 7.39. The third-order valence-electron chi connectivity index (χ3n) is 3.23. The summed E-state index contributed by atoms with van der Waals surface area (Å²) in [5, 5.41) is 4.89. The number of carbonyl (C=O) groups excluding carboxylic acids is 1. The molecule has 0 aliphatic rings. The van der Waals surface area contributed by atoms with Crippen molar-refractivity contribution in [3.8, 4) is 5.75 Å². The molecular formula is C15H15N3O2S. The number of carbonyl (C=O) groups is 1. The Kier molecular flexibility index (Phi) is 3.62. The number of rotatable bonds is 4. The number of ether oxygens (including phenoxy) is 1. The number of nitrogens with zero attached hydrogens (tertiary/aromatic N) is 2. The molecule has 0 radical (unpaired) electrons. The fourth-order valence-electron chi connectivity index (χ4n) is 2.02. The van der Waals surface area contributed by atoms with Crippen molar-refractivity contribution in [2.75, 3.05) is 7.11 Å². The van der Waals surface area contributed by atoms with Crippen LogP contribution in [-0.4, -0.2) is 22.4 Å². The summed E-state index contributed by atoms with van der Waals surface area (Å²) in [6, 6.07) is 7.60. The fraction of sp³-hybridized carbons (Fsp3) is 0.200. The molecule has 5 nitrogen and oxygen atoms in total. The highest BCUT2D eigenvalue weighted by Crippen LogP contribution is 2.16. The van der Waals surface area contributed by atoms with E-state index in [0.717, 1.165) is 22.0 Å². The predicted octanol–water partition coefficient (Wildman–Crippen LogP) is 2.64. The lowest BCUT2D eigenvalue weighted by Crippen LogP contribution is -2.23. The maximum Gasteiger partial charge on any atom is 0.271 e. The van der Waals surface area contributed by atoms with Crippen LogP contribution >= 0.6 is 11.3 Å². The summed E-state index contributed by atoms with van der Waals surface area (Å²) in [5.41, 5.74) is 2.54. The van der Waals surface area contributed by atoms with Crippen LogP contribution in [0.25, 0.3) is 4.96 Å². The summed E-state index contributed by atoms with van der Waals surface area (Å²) in [4.78, 5) is 17.3. The Morgan fingerprint density at radius 1 is 1.38 bits per heavy atom. The van der Waals surface area contributed by atoms with E-state index < -0.39 is 0 Å². The Morgan fingerprint density at radius 2 is 2.14 bits per heavy atom. The van der Waals surface area contributed by atoms with Gasteiger partial charge in [-0.1, -0.05) is 12.1 Å². The Bertz CT molecular complexity index is 774. The van der Waals surface area contributed by atoms with Gasteiger partial charge in [-0.05, 0) is 24.6 Å². The van der Waals surface area contributed by atoms with Crippen LogP contribution in [0.3, 0.4) is 0 Å². The molecule has 21 heavy (non-hydrogen) atoms. The van der Waals surface area contributed by atoms with Crippen LogP contribution in [-0.2, 0) is 6.54 Å². The summed E-state index contributed by atoms with van der Waals surface area (Å²) < 4.78 is 7.02. The minimum Gasteiger partial charge on any atom is -0.497 e. The zero-order valence-electron chi connectivity index (χ0n) is 11.8. The summed E-state index contributed by atoms with van der Waals surface area (Å²) in [5.74, 6) is 0.635. The Morgan fingerprint density at radius 3 is 2.81 bits per heavy atom. The maximum atomic E-state index is 12.1. The first-order chi connectivity index (χ1) is 10.2. The van der Waals surface area contributed by atoms with Crippen molar-refractivity contribution >= 4 is 22.2 Å². The molecule has 0 saturated carbocycles. The second kappa shape index (κ2) is 5.57. The van der Waals surface area contributed by atoms with Crippen LogP contribution in [0.5, 0.6) is 5.75 Å². The number of hydrogen-bond acceptors (Lipinski definition) is 4. The molecule has 0 aliphatic carbocycles. The van der Waals surface area contributed by atoms with Gasteiger partial charge in [0.2, 0.25) is 0 Å². The second-order valence-electron chi connectivity index (χ2n) is 4.69. The molecule has 1 aromatic carbocycles. The van der Waals surface area contributed by atoms with Crippen molar-refractivity contribution in [2.24, 2.45) is 0 Å². The molecule has 1 amide bonds. The van der Waals surface area contributed by atoms with Gasteiger partial charge in [0.05, 0.1) is 7.11 Å². The van der Waals surface area contributed by atoms with E-state index in [2.05, 4.69) is 10.3 Å². The minimum atomic E-state index is -0.166. The normalized spacial score (nSPS) is 10.8. The van der Waals surface area contributed by atoms with E-state index in [4.69, 9.17) is 4.74 Å². The number of aromatic nitrogens is 2. The quantitative estimate of drug-likeness (QED) is 0.806. The van der Waals surface area contributed by atoms with Gasteiger partial charge < -0.3 is 10.1 Å². The van der Waals surface area contributed by atoms with Crippen LogP contribution in [0.15, 0.2) is 35.8 Å². The van der Waals surface area contributed by atoms with Crippen molar-refractivity contribution in [2.45, 2.75) is 13.5 Å². The van der Waals surface area contributed by atoms with Gasteiger partial charge in [0.25, 0.3) is 5.91 Å². The molecule has 1 N–H and O–H groups in total. The Balaban J connectivity index is 1.67. The van der Waals surface area contributed by atoms with Gasteiger partial charge in [0.1, 0.15) is 11.4 Å². The van der Waals surface area contributed by atoms with Crippen molar-refractivity contribution < 1.29 is 9.53 Å². The molecular weight excluding hydrogens is 286 g/mol. The zero-order chi connectivity index (χ0) is 14.8. The van der Waals surface area contributed by atoms with E-state index in [0.29, 0.717) is 12.2 Å². The molecule has 0 spiro atoms. The van der Waals surface area contributed by atoms with Gasteiger partial charge in [-0.25, -0.2) is 4.98 Å². The predicted molar refractivity (Wildman–Crippen MR) is 82.0 cm³/mol. The van der Waals surface area contributed by atoms with Gasteiger partial charge in [-0.15, -0.1) is 11.3 Å². The van der Waals surface area contributed by atoms with Crippen molar-refractivity contribution in [1.82, 2.24) is 14.7 Å². The second-order valence-corrected chi connectivity index (χ2v) is 5.52. The first-order valence-electron chi connectivity index (χ1n) is 6.51. The van der Waals surface area contributed by atoms with Crippen LogP contribution < -0.4 is 10.1 Å².